The summed E-state index contributed by atoms with van der Waals surface area (Å²) in [6.07, 6.45) is 16.4. The van der Waals surface area contributed by atoms with Crippen molar-refractivity contribution < 1.29 is 5.11 Å². The summed E-state index contributed by atoms with van der Waals surface area (Å²) in [4.78, 5) is 0. The summed E-state index contributed by atoms with van der Waals surface area (Å²) in [5, 5.41) is 10.2. The van der Waals surface area contributed by atoms with Crippen LogP contribution in [-0.2, 0) is 0 Å². The van der Waals surface area contributed by atoms with Crippen molar-refractivity contribution in [2.24, 2.45) is 34.5 Å². The van der Waals surface area contributed by atoms with E-state index in [1.54, 1.807) is 5.57 Å². The van der Waals surface area contributed by atoms with Crippen LogP contribution in [0, 0.1) is 34.5 Å². The molecule has 26 heavy (non-hydrogen) atoms. The highest BCUT2D eigenvalue weighted by atomic mass is 16.3. The van der Waals surface area contributed by atoms with Crippen LogP contribution in [0.25, 0.3) is 5.70 Å². The van der Waals surface area contributed by atoms with E-state index in [1.807, 2.05) is 0 Å². The lowest BCUT2D eigenvalue weighted by Gasteiger charge is -2.59. The number of aliphatic hydroxyl groups is 1. The molecule has 0 bridgehead atoms. The highest BCUT2D eigenvalue weighted by Crippen LogP contribution is 2.66. The van der Waals surface area contributed by atoms with Crippen LogP contribution < -0.4 is 0 Å². The number of rotatable bonds is 1. The summed E-state index contributed by atoms with van der Waals surface area (Å²) in [6.45, 7) is 7.50. The van der Waals surface area contributed by atoms with Crippen LogP contribution >= 0.6 is 0 Å². The lowest BCUT2D eigenvalue weighted by molar-refractivity contribution is -0.0436. The Kier molecular flexibility index (Phi) is 3.64. The molecular formula is C24H33NO. The van der Waals surface area contributed by atoms with Crippen molar-refractivity contribution in [2.75, 3.05) is 0 Å². The zero-order valence-corrected chi connectivity index (χ0v) is 16.5. The van der Waals surface area contributed by atoms with Gasteiger partial charge in [0.1, 0.15) is 0 Å². The molecule has 4 aliphatic carbocycles. The average Bonchev–Trinajstić information content (AvgIpc) is 3.23. The first-order valence-corrected chi connectivity index (χ1v) is 10.7. The Morgan fingerprint density at radius 1 is 1.04 bits per heavy atom. The number of aromatic nitrogens is 1. The van der Waals surface area contributed by atoms with Crippen LogP contribution in [-0.4, -0.2) is 15.8 Å². The van der Waals surface area contributed by atoms with Gasteiger partial charge in [-0.25, -0.2) is 0 Å². The lowest BCUT2D eigenvalue weighted by atomic mass is 9.46. The molecule has 1 N–H and O–H groups in total. The second-order valence-corrected chi connectivity index (χ2v) is 10.0. The van der Waals surface area contributed by atoms with E-state index >= 15 is 0 Å². The van der Waals surface area contributed by atoms with Crippen LogP contribution in [0.2, 0.25) is 0 Å². The maximum absolute atomic E-state index is 10.2. The molecule has 0 radical (unpaired) electrons. The molecule has 0 aromatic carbocycles. The van der Waals surface area contributed by atoms with Gasteiger partial charge >= 0.3 is 0 Å². The predicted octanol–water partition coefficient (Wildman–Crippen LogP) is 5.51. The highest BCUT2D eigenvalue weighted by Gasteiger charge is 2.58. The molecule has 0 aliphatic heterocycles. The standard InChI is InChI=1S/C24H33NO/c1-16-14-17-15-18(26)8-10-23(17,2)20-9-11-24(3)19(22(16)20)6-7-21(24)25-12-4-5-13-25/h4-5,7,12-14,16,18-20,22,26H,6,8-11,15H2,1-3H3/t16-,18+,19+,20+,22+,23+,24+/m1/s1. The third kappa shape index (κ3) is 2.14. The van der Waals surface area contributed by atoms with E-state index in [0.717, 1.165) is 30.6 Å². The van der Waals surface area contributed by atoms with Crippen molar-refractivity contribution in [2.45, 2.75) is 65.4 Å². The van der Waals surface area contributed by atoms with Gasteiger partial charge in [0.25, 0.3) is 0 Å². The Balaban J connectivity index is 1.52. The molecule has 2 fully saturated rings. The third-order valence-corrected chi connectivity index (χ3v) is 8.83. The first kappa shape index (κ1) is 16.9. The molecule has 5 rings (SSSR count). The van der Waals surface area contributed by atoms with Crippen molar-refractivity contribution in [1.29, 1.82) is 0 Å². The number of allylic oxidation sites excluding steroid dienone is 3. The molecule has 140 valence electrons. The molecule has 1 aromatic rings. The van der Waals surface area contributed by atoms with E-state index in [1.165, 1.54) is 31.4 Å². The van der Waals surface area contributed by atoms with Gasteiger partial charge in [0.2, 0.25) is 0 Å². The first-order valence-electron chi connectivity index (χ1n) is 10.7. The molecule has 1 heterocycles. The molecule has 0 spiro atoms. The highest BCUT2D eigenvalue weighted by molar-refractivity contribution is 5.57. The van der Waals surface area contributed by atoms with Crippen LogP contribution in [0.4, 0.5) is 0 Å². The fourth-order valence-electron chi connectivity index (χ4n) is 7.44. The maximum Gasteiger partial charge on any atom is 0.0577 e. The number of hydrogen-bond acceptors (Lipinski definition) is 1. The fourth-order valence-corrected chi connectivity index (χ4v) is 7.44. The topological polar surface area (TPSA) is 25.2 Å². The van der Waals surface area contributed by atoms with Crippen LogP contribution in [0.3, 0.4) is 0 Å². The van der Waals surface area contributed by atoms with Crippen molar-refractivity contribution in [3.8, 4) is 0 Å². The summed E-state index contributed by atoms with van der Waals surface area (Å²) in [5.41, 5.74) is 3.75. The third-order valence-electron chi connectivity index (χ3n) is 8.83. The van der Waals surface area contributed by atoms with E-state index in [9.17, 15) is 5.11 Å². The number of hydrogen-bond donors (Lipinski definition) is 1. The van der Waals surface area contributed by atoms with E-state index < -0.39 is 0 Å². The Morgan fingerprint density at radius 2 is 1.77 bits per heavy atom. The van der Waals surface area contributed by atoms with Gasteiger partial charge in [-0.1, -0.05) is 38.5 Å². The minimum absolute atomic E-state index is 0.111. The van der Waals surface area contributed by atoms with Crippen LogP contribution in [0.15, 0.2) is 42.3 Å². The fraction of sp³-hybridized carbons (Fsp3) is 0.667. The van der Waals surface area contributed by atoms with Gasteiger partial charge in [0.05, 0.1) is 6.10 Å². The quantitative estimate of drug-likeness (QED) is 0.663. The smallest absolute Gasteiger partial charge is 0.0577 e. The SMILES string of the molecule is C[C@@H]1C=C2C[C@@H](O)CC[C@]2(C)[C@H]2CC[C@]3(C)C(n4cccc4)=CC[C@H]3[C@H]12. The van der Waals surface area contributed by atoms with Crippen LogP contribution in [0.5, 0.6) is 0 Å². The van der Waals surface area contributed by atoms with Crippen molar-refractivity contribution in [3.63, 3.8) is 0 Å². The van der Waals surface area contributed by atoms with Crippen molar-refractivity contribution >= 4 is 5.70 Å². The summed E-state index contributed by atoms with van der Waals surface area (Å²) in [7, 11) is 0. The molecule has 2 heteroatoms. The summed E-state index contributed by atoms with van der Waals surface area (Å²) < 4.78 is 2.37. The predicted molar refractivity (Wildman–Crippen MR) is 106 cm³/mol. The first-order chi connectivity index (χ1) is 12.4. The van der Waals surface area contributed by atoms with Gasteiger partial charge in [-0.3, -0.25) is 0 Å². The zero-order valence-electron chi connectivity index (χ0n) is 16.5. The van der Waals surface area contributed by atoms with E-state index in [4.69, 9.17) is 0 Å². The molecule has 0 unspecified atom stereocenters. The molecule has 7 atom stereocenters. The van der Waals surface area contributed by atoms with Gasteiger partial charge in [-0.2, -0.15) is 0 Å². The molecule has 0 saturated heterocycles. The average molecular weight is 352 g/mol. The maximum atomic E-state index is 10.2. The summed E-state index contributed by atoms with van der Waals surface area (Å²) in [5.74, 6) is 2.97. The largest absolute Gasteiger partial charge is 0.393 e. The summed E-state index contributed by atoms with van der Waals surface area (Å²) in [6, 6.07) is 4.30. The Bertz CT molecular complexity index is 759. The van der Waals surface area contributed by atoms with Gasteiger partial charge < -0.3 is 9.67 Å². The summed E-state index contributed by atoms with van der Waals surface area (Å²) >= 11 is 0. The molecule has 2 saturated carbocycles. The zero-order chi connectivity index (χ0) is 18.1. The van der Waals surface area contributed by atoms with E-state index in [-0.39, 0.29) is 6.10 Å². The van der Waals surface area contributed by atoms with Gasteiger partial charge in [-0.15, -0.1) is 0 Å². The Labute approximate surface area is 158 Å². The number of fused-ring (bicyclic) bond motifs is 5. The Hall–Kier alpha value is -1.28. The van der Waals surface area contributed by atoms with E-state index in [2.05, 4.69) is 62.0 Å². The molecule has 4 aliphatic rings. The lowest BCUT2D eigenvalue weighted by Crippen LogP contribution is -2.52. The van der Waals surface area contributed by atoms with E-state index in [0.29, 0.717) is 16.7 Å². The monoisotopic (exact) mass is 351 g/mol. The molecular weight excluding hydrogens is 318 g/mol. The number of aliphatic hydroxyl groups excluding tert-OH is 1. The molecule has 2 nitrogen and oxygen atoms in total. The molecule has 1 aromatic heterocycles. The minimum atomic E-state index is -0.111. The normalized spacial score (nSPS) is 47.5. The van der Waals surface area contributed by atoms with Gasteiger partial charge in [0, 0.05) is 23.5 Å². The van der Waals surface area contributed by atoms with Gasteiger partial charge in [0.15, 0.2) is 0 Å². The second-order valence-electron chi connectivity index (χ2n) is 10.0. The minimum Gasteiger partial charge on any atom is -0.393 e. The Morgan fingerprint density at radius 3 is 2.54 bits per heavy atom. The van der Waals surface area contributed by atoms with Crippen LogP contribution in [0.1, 0.15) is 59.3 Å². The van der Waals surface area contributed by atoms with Crippen molar-refractivity contribution in [3.05, 3.63) is 42.3 Å². The van der Waals surface area contributed by atoms with Gasteiger partial charge in [-0.05, 0) is 79.7 Å². The number of nitrogens with zero attached hydrogens (tertiary/aromatic N) is 1. The molecule has 0 amide bonds. The van der Waals surface area contributed by atoms with Crippen molar-refractivity contribution in [1.82, 2.24) is 4.57 Å². The second kappa shape index (κ2) is 5.61.